The van der Waals surface area contributed by atoms with Crippen LogP contribution in [0, 0.1) is 5.92 Å². The first-order valence-corrected chi connectivity index (χ1v) is 9.87. The van der Waals surface area contributed by atoms with E-state index in [1.165, 1.54) is 18.4 Å². The van der Waals surface area contributed by atoms with E-state index < -0.39 is 11.9 Å². The molecule has 2 N–H and O–H groups in total. The van der Waals surface area contributed by atoms with Gasteiger partial charge in [0.05, 0.1) is 10.0 Å². The van der Waals surface area contributed by atoms with Crippen molar-refractivity contribution < 1.29 is 24.6 Å². The minimum Gasteiger partial charge on any atom is -0.478 e. The molecule has 2 bridgehead atoms. The molecule has 2 aliphatic rings. The number of carboxylic acids is 2. The summed E-state index contributed by atoms with van der Waals surface area (Å²) in [7, 11) is 3.82. The number of rotatable bonds is 5. The molecule has 29 heavy (non-hydrogen) atoms. The van der Waals surface area contributed by atoms with Gasteiger partial charge in [0.15, 0.2) is 0 Å². The first-order chi connectivity index (χ1) is 13.7. The largest absolute Gasteiger partial charge is 0.478 e. The number of fused-ring (bicyclic) bond motifs is 2. The van der Waals surface area contributed by atoms with Crippen molar-refractivity contribution in [2.24, 2.45) is 11.1 Å². The van der Waals surface area contributed by atoms with Crippen molar-refractivity contribution in [1.29, 1.82) is 0 Å². The van der Waals surface area contributed by atoms with Crippen molar-refractivity contribution in [3.8, 4) is 0 Å². The second-order valence-corrected chi connectivity index (χ2v) is 7.82. The molecule has 1 aromatic carbocycles. The van der Waals surface area contributed by atoms with Crippen molar-refractivity contribution in [2.45, 2.75) is 37.3 Å². The van der Waals surface area contributed by atoms with Crippen LogP contribution in [-0.4, -0.2) is 59.5 Å². The molecule has 0 aromatic heterocycles. The second-order valence-electron chi connectivity index (χ2n) is 7.00. The molecule has 7 nitrogen and oxygen atoms in total. The van der Waals surface area contributed by atoms with Gasteiger partial charge in [0.1, 0.15) is 7.11 Å². The Hall–Kier alpha value is -2.09. The number of nitrogens with zero attached hydrogens (tertiary/aromatic N) is 2. The Balaban J connectivity index is 0.000000321. The normalized spacial score (nSPS) is 26.3. The highest BCUT2D eigenvalue weighted by atomic mass is 35.5. The van der Waals surface area contributed by atoms with Gasteiger partial charge in [-0.1, -0.05) is 34.4 Å². The smallest absolute Gasteiger partial charge is 0.328 e. The Morgan fingerprint density at radius 1 is 1.17 bits per heavy atom. The van der Waals surface area contributed by atoms with Gasteiger partial charge in [0, 0.05) is 36.4 Å². The molecular formula is C20H24Cl2N2O5. The Kier molecular flexibility index (Phi) is 8.49. The third kappa shape index (κ3) is 6.19. The minimum atomic E-state index is -1.26. The van der Waals surface area contributed by atoms with Crippen molar-refractivity contribution in [2.75, 3.05) is 14.2 Å². The Morgan fingerprint density at radius 2 is 1.83 bits per heavy atom. The maximum atomic E-state index is 9.55. The second kappa shape index (κ2) is 10.6. The van der Waals surface area contributed by atoms with Crippen molar-refractivity contribution in [1.82, 2.24) is 4.90 Å². The van der Waals surface area contributed by atoms with E-state index in [1.807, 2.05) is 18.3 Å². The fourth-order valence-electron chi connectivity index (χ4n) is 4.09. The number of carbonyl (C=O) groups is 2. The van der Waals surface area contributed by atoms with Crippen LogP contribution in [0.1, 0.15) is 30.7 Å². The summed E-state index contributed by atoms with van der Waals surface area (Å²) >= 11 is 12.2. The zero-order valence-electron chi connectivity index (χ0n) is 16.2. The Morgan fingerprint density at radius 3 is 2.38 bits per heavy atom. The SMILES string of the molecule is CO/N=C/[C@H]1C2CCC(C[C@@H]1c1ccc(Cl)c(Cl)c1)N2C.O=C(O)/C=C/C(=O)O. The number of hydrogen-bond acceptors (Lipinski definition) is 5. The Labute approximate surface area is 179 Å². The molecule has 2 saturated heterocycles. The monoisotopic (exact) mass is 442 g/mol. The summed E-state index contributed by atoms with van der Waals surface area (Å²) in [6.07, 6.45) is 6.70. The lowest BCUT2D eigenvalue weighted by molar-refractivity contribution is -0.134. The lowest BCUT2D eigenvalue weighted by atomic mass is 9.77. The van der Waals surface area contributed by atoms with Gasteiger partial charge in [0.2, 0.25) is 0 Å². The highest BCUT2D eigenvalue weighted by Crippen LogP contribution is 2.46. The Bertz CT molecular complexity index is 783. The maximum Gasteiger partial charge on any atom is 0.328 e. The zero-order valence-corrected chi connectivity index (χ0v) is 17.7. The van der Waals surface area contributed by atoms with Gasteiger partial charge in [-0.15, -0.1) is 0 Å². The van der Waals surface area contributed by atoms with Gasteiger partial charge in [-0.2, -0.15) is 0 Å². The third-order valence-corrected chi connectivity index (χ3v) is 6.15. The number of benzene rings is 1. The van der Waals surface area contributed by atoms with E-state index in [4.69, 9.17) is 38.3 Å². The summed E-state index contributed by atoms with van der Waals surface area (Å²) < 4.78 is 0. The van der Waals surface area contributed by atoms with Gasteiger partial charge >= 0.3 is 11.9 Å². The van der Waals surface area contributed by atoms with Gasteiger partial charge in [-0.05, 0) is 49.9 Å². The molecule has 0 saturated carbocycles. The molecule has 2 fully saturated rings. The number of carboxylic acid groups (broad SMARTS) is 2. The van der Waals surface area contributed by atoms with E-state index in [-0.39, 0.29) is 0 Å². The highest BCUT2D eigenvalue weighted by Gasteiger charge is 2.45. The zero-order chi connectivity index (χ0) is 21.6. The third-order valence-electron chi connectivity index (χ3n) is 5.41. The van der Waals surface area contributed by atoms with Crippen molar-refractivity contribution >= 4 is 41.4 Å². The molecule has 2 heterocycles. The predicted octanol–water partition coefficient (Wildman–Crippen LogP) is 3.90. The van der Waals surface area contributed by atoms with Gasteiger partial charge < -0.3 is 15.1 Å². The fourth-order valence-corrected chi connectivity index (χ4v) is 4.39. The molecule has 1 aromatic rings. The van der Waals surface area contributed by atoms with Gasteiger partial charge in [0.25, 0.3) is 0 Å². The first kappa shape index (κ1) is 23.2. The van der Waals surface area contributed by atoms with Crippen LogP contribution in [0.5, 0.6) is 0 Å². The fraction of sp³-hybridized carbons (Fsp3) is 0.450. The lowest BCUT2D eigenvalue weighted by Crippen LogP contribution is -2.46. The molecule has 0 spiro atoms. The van der Waals surface area contributed by atoms with E-state index in [0.717, 1.165) is 6.42 Å². The van der Waals surface area contributed by atoms with Crippen LogP contribution in [0.3, 0.4) is 0 Å². The number of hydrogen-bond donors (Lipinski definition) is 2. The molecule has 0 aliphatic carbocycles. The number of piperidine rings is 1. The molecule has 158 valence electrons. The quantitative estimate of drug-likeness (QED) is 0.407. The van der Waals surface area contributed by atoms with E-state index in [2.05, 4.69) is 23.2 Å². The van der Waals surface area contributed by atoms with E-state index in [9.17, 15) is 9.59 Å². The topological polar surface area (TPSA) is 99.4 Å². The van der Waals surface area contributed by atoms with Crippen LogP contribution in [0.4, 0.5) is 0 Å². The molecule has 0 amide bonds. The molecule has 9 heteroatoms. The average molecular weight is 443 g/mol. The summed E-state index contributed by atoms with van der Waals surface area (Å²) in [5, 5.41) is 20.9. The summed E-state index contributed by atoms with van der Waals surface area (Å²) in [5.74, 6) is -1.74. The van der Waals surface area contributed by atoms with Crippen LogP contribution >= 0.6 is 23.2 Å². The maximum absolute atomic E-state index is 9.55. The van der Waals surface area contributed by atoms with E-state index >= 15 is 0 Å². The molecule has 2 unspecified atom stereocenters. The number of oxime groups is 1. The summed E-state index contributed by atoms with van der Waals surface area (Å²) in [6, 6.07) is 7.18. The number of halogens is 2. The minimum absolute atomic E-state index is 0.353. The standard InChI is InChI=1S/C16H20Cl2N2O.C4H4O4/c1-20-11-4-6-16(20)13(9-19-21-2)12(8-11)10-3-5-14(17)15(18)7-10;5-3(6)1-2-4(7)8/h3,5,7,9,11-13,16H,4,6,8H2,1-2H3;1-2H,(H,5,6)(H,7,8)/b19-9+;2-1+/t11?,12-,13-,16?;/m1./s1. The summed E-state index contributed by atoms with van der Waals surface area (Å²) in [6.45, 7) is 0. The summed E-state index contributed by atoms with van der Waals surface area (Å²) in [5.41, 5.74) is 1.25. The number of aliphatic carboxylic acids is 2. The average Bonchev–Trinajstić information content (AvgIpc) is 2.91. The predicted molar refractivity (Wildman–Crippen MR) is 112 cm³/mol. The molecule has 2 aliphatic heterocycles. The molecule has 0 radical (unpaired) electrons. The lowest BCUT2D eigenvalue weighted by Gasteiger charge is -2.41. The first-order valence-electron chi connectivity index (χ1n) is 9.12. The van der Waals surface area contributed by atoms with Crippen molar-refractivity contribution in [3.63, 3.8) is 0 Å². The van der Waals surface area contributed by atoms with Crippen LogP contribution < -0.4 is 0 Å². The van der Waals surface area contributed by atoms with Crippen LogP contribution in [-0.2, 0) is 14.4 Å². The van der Waals surface area contributed by atoms with Gasteiger partial charge in [-0.25, -0.2) is 9.59 Å². The molecule has 4 atom stereocenters. The van der Waals surface area contributed by atoms with Crippen LogP contribution in [0.25, 0.3) is 0 Å². The highest BCUT2D eigenvalue weighted by molar-refractivity contribution is 6.42. The van der Waals surface area contributed by atoms with Crippen LogP contribution in [0.15, 0.2) is 35.5 Å². The van der Waals surface area contributed by atoms with E-state index in [1.54, 1.807) is 7.11 Å². The molecular weight excluding hydrogens is 419 g/mol. The van der Waals surface area contributed by atoms with E-state index in [0.29, 0.717) is 46.1 Å². The molecule has 3 rings (SSSR count). The van der Waals surface area contributed by atoms with Gasteiger partial charge in [-0.3, -0.25) is 4.90 Å². The summed E-state index contributed by atoms with van der Waals surface area (Å²) in [4.78, 5) is 26.5. The van der Waals surface area contributed by atoms with Crippen LogP contribution in [0.2, 0.25) is 10.0 Å². The van der Waals surface area contributed by atoms with Crippen molar-refractivity contribution in [3.05, 3.63) is 46.0 Å².